The van der Waals surface area contributed by atoms with Crippen molar-refractivity contribution in [3.05, 3.63) is 34.4 Å². The summed E-state index contributed by atoms with van der Waals surface area (Å²) in [6.07, 6.45) is 1.70. The lowest BCUT2D eigenvalue weighted by atomic mass is 10.1. The highest BCUT2D eigenvalue weighted by Gasteiger charge is 2.15. The second kappa shape index (κ2) is 4.24. The van der Waals surface area contributed by atoms with E-state index in [0.717, 1.165) is 26.4 Å². The van der Waals surface area contributed by atoms with Crippen LogP contribution in [0.2, 0.25) is 0 Å². The molecule has 3 aromatic rings. The molecule has 0 fully saturated rings. The van der Waals surface area contributed by atoms with Gasteiger partial charge in [-0.1, -0.05) is 0 Å². The average molecular weight is 321 g/mol. The maximum Gasteiger partial charge on any atom is 0.339 e. The monoisotopic (exact) mass is 320 g/mol. The number of rotatable bonds is 2. The summed E-state index contributed by atoms with van der Waals surface area (Å²) in [6.45, 7) is 0. The van der Waals surface area contributed by atoms with Crippen molar-refractivity contribution in [3.63, 3.8) is 0 Å². The normalized spacial score (nSPS) is 11.1. The summed E-state index contributed by atoms with van der Waals surface area (Å²) in [5.74, 6) is -0.697. The molecule has 2 aromatic heterocycles. The Morgan fingerprint density at radius 1 is 1.37 bits per heavy atom. The summed E-state index contributed by atoms with van der Waals surface area (Å²) >= 11 is 3.35. The van der Waals surface area contributed by atoms with Gasteiger partial charge >= 0.3 is 5.97 Å². The van der Waals surface area contributed by atoms with Gasteiger partial charge < -0.3 is 14.8 Å². The van der Waals surface area contributed by atoms with Crippen molar-refractivity contribution in [2.45, 2.75) is 0 Å². The molecule has 0 radical (unpaired) electrons. The summed E-state index contributed by atoms with van der Waals surface area (Å²) in [5.41, 5.74) is 2.47. The van der Waals surface area contributed by atoms with Crippen molar-refractivity contribution < 1.29 is 14.6 Å². The fraction of sp³-hybridized carbons (Fsp3) is 0.0769. The van der Waals surface area contributed by atoms with Crippen molar-refractivity contribution in [3.8, 4) is 5.75 Å². The van der Waals surface area contributed by atoms with Crippen molar-refractivity contribution in [2.75, 3.05) is 7.11 Å². The summed E-state index contributed by atoms with van der Waals surface area (Å²) in [6, 6.07) is 5.15. The highest BCUT2D eigenvalue weighted by Crippen LogP contribution is 2.31. The Hall–Kier alpha value is -2.08. The van der Waals surface area contributed by atoms with Gasteiger partial charge in [0.05, 0.1) is 18.1 Å². The molecule has 0 bridgehead atoms. The number of aromatic amines is 1. The van der Waals surface area contributed by atoms with Crippen LogP contribution in [0.1, 0.15) is 10.4 Å². The first-order valence-electron chi connectivity index (χ1n) is 5.48. The Morgan fingerprint density at radius 3 is 2.84 bits per heavy atom. The third-order valence-corrected chi connectivity index (χ3v) is 3.38. The molecule has 0 unspecified atom stereocenters. The first-order chi connectivity index (χ1) is 9.10. The Bertz CT molecular complexity index is 810. The number of benzene rings is 1. The Morgan fingerprint density at radius 2 is 2.16 bits per heavy atom. The number of carboxylic acid groups (broad SMARTS) is 1. The van der Waals surface area contributed by atoms with Gasteiger partial charge in [0.2, 0.25) is 0 Å². The fourth-order valence-electron chi connectivity index (χ4n) is 2.11. The van der Waals surface area contributed by atoms with E-state index in [1.54, 1.807) is 18.3 Å². The lowest BCUT2D eigenvalue weighted by molar-refractivity contribution is 0.0693. The number of aromatic carboxylic acids is 1. The number of hydrogen-bond acceptors (Lipinski definition) is 3. The van der Waals surface area contributed by atoms with Gasteiger partial charge in [0, 0.05) is 21.6 Å². The van der Waals surface area contributed by atoms with Crippen LogP contribution in [-0.2, 0) is 0 Å². The van der Waals surface area contributed by atoms with E-state index >= 15 is 0 Å². The van der Waals surface area contributed by atoms with Gasteiger partial charge in [0.15, 0.2) is 0 Å². The molecule has 0 saturated heterocycles. The molecule has 96 valence electrons. The molecule has 0 aliphatic carbocycles. The molecule has 2 N–H and O–H groups in total. The molecular formula is C13H9BrN2O3. The van der Waals surface area contributed by atoms with E-state index in [2.05, 4.69) is 25.9 Å². The van der Waals surface area contributed by atoms with E-state index in [0.29, 0.717) is 5.75 Å². The maximum absolute atomic E-state index is 11.2. The molecule has 0 saturated carbocycles. The van der Waals surface area contributed by atoms with Crippen LogP contribution in [0.5, 0.6) is 5.75 Å². The van der Waals surface area contributed by atoms with Gasteiger partial charge in [-0.3, -0.25) is 4.98 Å². The minimum Gasteiger partial charge on any atom is -0.496 e. The van der Waals surface area contributed by atoms with E-state index < -0.39 is 5.97 Å². The number of fused-ring (bicyclic) bond motifs is 3. The quantitative estimate of drug-likeness (QED) is 0.760. The number of hydrogen-bond donors (Lipinski definition) is 2. The number of aromatic nitrogens is 2. The van der Waals surface area contributed by atoms with Crippen molar-refractivity contribution in [1.82, 2.24) is 9.97 Å². The lowest BCUT2D eigenvalue weighted by Crippen LogP contribution is -2.00. The van der Waals surface area contributed by atoms with Crippen LogP contribution in [0.15, 0.2) is 28.9 Å². The van der Waals surface area contributed by atoms with Crippen LogP contribution in [0.25, 0.3) is 21.9 Å². The zero-order chi connectivity index (χ0) is 13.6. The molecule has 0 aliphatic rings. The largest absolute Gasteiger partial charge is 0.496 e. The van der Waals surface area contributed by atoms with E-state index in [-0.39, 0.29) is 5.56 Å². The van der Waals surface area contributed by atoms with Crippen LogP contribution in [0.3, 0.4) is 0 Å². The van der Waals surface area contributed by atoms with Gasteiger partial charge in [0.25, 0.3) is 0 Å². The number of halogens is 1. The molecule has 19 heavy (non-hydrogen) atoms. The second-order valence-electron chi connectivity index (χ2n) is 4.08. The second-order valence-corrected chi connectivity index (χ2v) is 4.99. The predicted octanol–water partition coefficient (Wildman–Crippen LogP) is 3.19. The first-order valence-corrected chi connectivity index (χ1v) is 6.27. The smallest absolute Gasteiger partial charge is 0.339 e. The molecule has 6 heteroatoms. The third-order valence-electron chi connectivity index (χ3n) is 2.95. The molecule has 1 aromatic carbocycles. The molecule has 0 aliphatic heterocycles. The van der Waals surface area contributed by atoms with Crippen LogP contribution in [-0.4, -0.2) is 28.2 Å². The molecule has 3 rings (SSSR count). The Kier molecular flexibility index (Phi) is 2.67. The number of methoxy groups -OCH3 is 1. The summed E-state index contributed by atoms with van der Waals surface area (Å²) < 4.78 is 5.98. The molecule has 0 amide bonds. The summed E-state index contributed by atoms with van der Waals surface area (Å²) in [4.78, 5) is 18.7. The van der Waals surface area contributed by atoms with Gasteiger partial charge in [-0.2, -0.15) is 0 Å². The van der Waals surface area contributed by atoms with E-state index in [1.165, 1.54) is 7.11 Å². The number of H-pyrrole nitrogens is 1. The van der Waals surface area contributed by atoms with E-state index in [4.69, 9.17) is 9.84 Å². The topological polar surface area (TPSA) is 75.2 Å². The SMILES string of the molecule is COc1cc2c(cc1C(=O)O)[nH]c1cc(Br)cnc12. The number of pyridine rings is 1. The highest BCUT2D eigenvalue weighted by atomic mass is 79.9. The predicted molar refractivity (Wildman–Crippen MR) is 74.8 cm³/mol. The molecule has 0 spiro atoms. The summed E-state index contributed by atoms with van der Waals surface area (Å²) in [7, 11) is 1.45. The zero-order valence-corrected chi connectivity index (χ0v) is 11.5. The van der Waals surface area contributed by atoms with Crippen molar-refractivity contribution >= 4 is 43.8 Å². The van der Waals surface area contributed by atoms with Crippen LogP contribution >= 0.6 is 15.9 Å². The minimum atomic E-state index is -1.02. The first kappa shape index (κ1) is 12.0. The highest BCUT2D eigenvalue weighted by molar-refractivity contribution is 9.10. The van der Waals surface area contributed by atoms with E-state index in [1.807, 2.05) is 6.07 Å². The van der Waals surface area contributed by atoms with E-state index in [9.17, 15) is 4.79 Å². The molecule has 0 atom stereocenters. The number of carboxylic acids is 1. The number of carbonyl (C=O) groups is 1. The summed E-state index contributed by atoms with van der Waals surface area (Å²) in [5, 5.41) is 10.00. The van der Waals surface area contributed by atoms with Gasteiger partial charge in [-0.05, 0) is 34.1 Å². The molecular weight excluding hydrogens is 312 g/mol. The minimum absolute atomic E-state index is 0.126. The Labute approximate surface area is 116 Å². The van der Waals surface area contributed by atoms with Gasteiger partial charge in [-0.15, -0.1) is 0 Å². The molecule has 5 nitrogen and oxygen atoms in total. The van der Waals surface area contributed by atoms with Gasteiger partial charge in [0.1, 0.15) is 11.3 Å². The number of ether oxygens (including phenoxy) is 1. The van der Waals surface area contributed by atoms with Crippen LogP contribution in [0, 0.1) is 0 Å². The zero-order valence-electron chi connectivity index (χ0n) is 9.90. The number of nitrogens with one attached hydrogen (secondary N) is 1. The standard InChI is InChI=1S/C13H9BrN2O3/c1-19-11-4-7-9(3-8(11)13(17)18)16-10-2-6(14)5-15-12(7)10/h2-5,16H,1H3,(H,17,18). The number of nitrogens with zero attached hydrogens (tertiary/aromatic N) is 1. The average Bonchev–Trinajstić information content (AvgIpc) is 2.73. The van der Waals surface area contributed by atoms with Crippen molar-refractivity contribution in [2.24, 2.45) is 0 Å². The molecule has 2 heterocycles. The fourth-order valence-corrected chi connectivity index (χ4v) is 2.44. The van der Waals surface area contributed by atoms with Crippen LogP contribution in [0.4, 0.5) is 0 Å². The van der Waals surface area contributed by atoms with Crippen LogP contribution < -0.4 is 4.74 Å². The van der Waals surface area contributed by atoms with Crippen molar-refractivity contribution in [1.29, 1.82) is 0 Å². The maximum atomic E-state index is 11.2. The van der Waals surface area contributed by atoms with Gasteiger partial charge in [-0.25, -0.2) is 4.79 Å². The third kappa shape index (κ3) is 1.84. The lowest BCUT2D eigenvalue weighted by Gasteiger charge is -2.04. The Balaban J connectivity index is 2.41.